The van der Waals surface area contributed by atoms with Gasteiger partial charge in [-0.1, -0.05) is 31.2 Å². The van der Waals surface area contributed by atoms with E-state index in [0.717, 1.165) is 43.8 Å². The third kappa shape index (κ3) is 5.28. The van der Waals surface area contributed by atoms with Gasteiger partial charge in [-0.3, -0.25) is 4.90 Å². The van der Waals surface area contributed by atoms with Gasteiger partial charge in [0, 0.05) is 44.3 Å². The van der Waals surface area contributed by atoms with Crippen molar-refractivity contribution in [2.45, 2.75) is 32.9 Å². The van der Waals surface area contributed by atoms with Crippen LogP contribution in [0, 0.1) is 5.92 Å². The Kier molecular flexibility index (Phi) is 6.67. The predicted molar refractivity (Wildman–Crippen MR) is 121 cm³/mol. The summed E-state index contributed by atoms with van der Waals surface area (Å²) in [6.07, 6.45) is 4.48. The summed E-state index contributed by atoms with van der Waals surface area (Å²) < 4.78 is 0. The van der Waals surface area contributed by atoms with Gasteiger partial charge in [-0.2, -0.15) is 0 Å². The highest BCUT2D eigenvalue weighted by Gasteiger charge is 2.20. The molecule has 6 nitrogen and oxygen atoms in total. The number of anilines is 1. The lowest BCUT2D eigenvalue weighted by Gasteiger charge is -2.35. The minimum Gasteiger partial charge on any atom is -0.370 e. The van der Waals surface area contributed by atoms with Crippen LogP contribution < -0.4 is 10.6 Å². The molecular formula is C22H32N6S. The molecule has 4 rings (SSSR count). The van der Waals surface area contributed by atoms with Crippen LogP contribution in [0.15, 0.2) is 40.8 Å². The fraction of sp³-hybridized carbons (Fsp3) is 0.545. The van der Waals surface area contributed by atoms with E-state index >= 15 is 0 Å². The molecule has 3 heterocycles. The second-order valence-electron chi connectivity index (χ2n) is 8.19. The fourth-order valence-corrected chi connectivity index (χ4v) is 4.79. The van der Waals surface area contributed by atoms with Gasteiger partial charge >= 0.3 is 0 Å². The molecule has 2 aliphatic rings. The molecule has 0 unspecified atom stereocenters. The molecule has 29 heavy (non-hydrogen) atoms. The third-order valence-electron chi connectivity index (χ3n) is 6.09. The van der Waals surface area contributed by atoms with Gasteiger partial charge in [0.05, 0.1) is 6.54 Å². The number of likely N-dealkylation sites (tertiary alicyclic amines) is 1. The molecule has 0 saturated carbocycles. The van der Waals surface area contributed by atoms with Gasteiger partial charge in [0.25, 0.3) is 0 Å². The van der Waals surface area contributed by atoms with Crippen molar-refractivity contribution >= 4 is 22.4 Å². The van der Waals surface area contributed by atoms with E-state index in [1.165, 1.54) is 37.1 Å². The molecule has 0 bridgehead atoms. The lowest BCUT2D eigenvalue weighted by atomic mass is 9.98. The van der Waals surface area contributed by atoms with E-state index in [0.29, 0.717) is 12.5 Å². The van der Waals surface area contributed by atoms with Crippen LogP contribution in [0.3, 0.4) is 0 Å². The van der Waals surface area contributed by atoms with Crippen molar-refractivity contribution in [1.82, 2.24) is 14.8 Å². The SMILES string of the molecule is CC1CCN(Cc2ccccc2CN=C(N)N2CCN(c3nccs3)CC2)CC1. The summed E-state index contributed by atoms with van der Waals surface area (Å²) in [4.78, 5) is 16.2. The van der Waals surface area contributed by atoms with Crippen LogP contribution in [0.5, 0.6) is 0 Å². The molecule has 0 spiro atoms. The third-order valence-corrected chi connectivity index (χ3v) is 6.93. The van der Waals surface area contributed by atoms with Crippen LogP contribution in [0.2, 0.25) is 0 Å². The Labute approximate surface area is 178 Å². The van der Waals surface area contributed by atoms with Crippen LogP contribution >= 0.6 is 11.3 Å². The Bertz CT molecular complexity index is 789. The first kappa shape index (κ1) is 20.2. The number of thiazole rings is 1. The van der Waals surface area contributed by atoms with Crippen LogP contribution in [0.4, 0.5) is 5.13 Å². The van der Waals surface area contributed by atoms with Crippen LogP contribution in [0.25, 0.3) is 0 Å². The molecule has 7 heteroatoms. The highest BCUT2D eigenvalue weighted by Crippen LogP contribution is 2.21. The van der Waals surface area contributed by atoms with Gasteiger partial charge in [-0.25, -0.2) is 9.98 Å². The second-order valence-corrected chi connectivity index (χ2v) is 9.06. The first-order valence-corrected chi connectivity index (χ1v) is 11.6. The number of piperidine rings is 1. The summed E-state index contributed by atoms with van der Waals surface area (Å²) in [6, 6.07) is 8.68. The Hall–Kier alpha value is -2.12. The molecule has 0 radical (unpaired) electrons. The minimum atomic E-state index is 0.652. The quantitative estimate of drug-likeness (QED) is 0.604. The first-order chi connectivity index (χ1) is 14.2. The number of piperazine rings is 1. The van der Waals surface area contributed by atoms with E-state index < -0.39 is 0 Å². The summed E-state index contributed by atoms with van der Waals surface area (Å²) in [5, 5.41) is 3.13. The molecule has 0 atom stereocenters. The summed E-state index contributed by atoms with van der Waals surface area (Å²) in [7, 11) is 0. The van der Waals surface area contributed by atoms with Gasteiger partial charge in [0.1, 0.15) is 0 Å². The zero-order valence-electron chi connectivity index (χ0n) is 17.3. The Balaban J connectivity index is 1.33. The first-order valence-electron chi connectivity index (χ1n) is 10.7. The number of aliphatic imine (C=N–C) groups is 1. The highest BCUT2D eigenvalue weighted by molar-refractivity contribution is 7.13. The van der Waals surface area contributed by atoms with Crippen molar-refractivity contribution in [1.29, 1.82) is 0 Å². The molecular weight excluding hydrogens is 380 g/mol. The van der Waals surface area contributed by atoms with E-state index in [9.17, 15) is 0 Å². The van der Waals surface area contributed by atoms with Crippen LogP contribution in [-0.2, 0) is 13.1 Å². The fourth-order valence-electron chi connectivity index (χ4n) is 4.09. The highest BCUT2D eigenvalue weighted by atomic mass is 32.1. The topological polar surface area (TPSA) is 61.0 Å². The van der Waals surface area contributed by atoms with E-state index in [2.05, 4.69) is 50.9 Å². The van der Waals surface area contributed by atoms with E-state index in [-0.39, 0.29) is 0 Å². The molecule has 2 N–H and O–H groups in total. The Morgan fingerprint density at radius 1 is 1.10 bits per heavy atom. The maximum atomic E-state index is 6.34. The molecule has 0 amide bonds. The van der Waals surface area contributed by atoms with E-state index in [4.69, 9.17) is 10.7 Å². The lowest BCUT2D eigenvalue weighted by molar-refractivity contribution is 0.185. The van der Waals surface area contributed by atoms with Gasteiger partial charge in [-0.15, -0.1) is 11.3 Å². The van der Waals surface area contributed by atoms with Crippen LogP contribution in [-0.4, -0.2) is 60.0 Å². The van der Waals surface area contributed by atoms with Gasteiger partial charge in [-0.05, 0) is 43.0 Å². The minimum absolute atomic E-state index is 0.652. The smallest absolute Gasteiger partial charge is 0.191 e. The van der Waals surface area contributed by atoms with Crippen molar-refractivity contribution in [3.05, 3.63) is 47.0 Å². The molecule has 2 fully saturated rings. The van der Waals surface area contributed by atoms with Gasteiger partial charge in [0.2, 0.25) is 0 Å². The molecule has 156 valence electrons. The number of nitrogens with zero attached hydrogens (tertiary/aromatic N) is 5. The van der Waals surface area contributed by atoms with Crippen molar-refractivity contribution in [2.75, 3.05) is 44.2 Å². The molecule has 2 aromatic rings. The summed E-state index contributed by atoms with van der Waals surface area (Å²) >= 11 is 1.69. The maximum absolute atomic E-state index is 6.34. The zero-order chi connectivity index (χ0) is 20.1. The number of aromatic nitrogens is 1. The van der Waals surface area contributed by atoms with Crippen molar-refractivity contribution in [3.8, 4) is 0 Å². The average Bonchev–Trinajstić information content (AvgIpc) is 3.30. The Morgan fingerprint density at radius 3 is 2.52 bits per heavy atom. The number of guanidine groups is 1. The monoisotopic (exact) mass is 412 g/mol. The number of benzene rings is 1. The molecule has 1 aromatic carbocycles. The van der Waals surface area contributed by atoms with E-state index in [1.807, 2.05) is 11.6 Å². The van der Waals surface area contributed by atoms with Gasteiger partial charge in [0.15, 0.2) is 11.1 Å². The Morgan fingerprint density at radius 2 is 1.83 bits per heavy atom. The van der Waals surface area contributed by atoms with Crippen molar-refractivity contribution in [2.24, 2.45) is 16.6 Å². The summed E-state index contributed by atoms with van der Waals surface area (Å²) in [5.41, 5.74) is 9.01. The largest absolute Gasteiger partial charge is 0.370 e. The molecule has 2 aliphatic heterocycles. The number of rotatable bonds is 5. The summed E-state index contributed by atoms with van der Waals surface area (Å²) in [5.74, 6) is 1.52. The van der Waals surface area contributed by atoms with Crippen molar-refractivity contribution in [3.63, 3.8) is 0 Å². The summed E-state index contributed by atoms with van der Waals surface area (Å²) in [6.45, 7) is 10.1. The number of nitrogens with two attached hydrogens (primary N) is 1. The number of hydrogen-bond acceptors (Lipinski definition) is 5. The van der Waals surface area contributed by atoms with Crippen LogP contribution in [0.1, 0.15) is 30.9 Å². The average molecular weight is 413 g/mol. The van der Waals surface area contributed by atoms with E-state index in [1.54, 1.807) is 11.3 Å². The maximum Gasteiger partial charge on any atom is 0.191 e. The van der Waals surface area contributed by atoms with Crippen molar-refractivity contribution < 1.29 is 0 Å². The predicted octanol–water partition coefficient (Wildman–Crippen LogP) is 3.01. The lowest BCUT2D eigenvalue weighted by Crippen LogP contribution is -2.51. The molecule has 2 saturated heterocycles. The van der Waals surface area contributed by atoms with Gasteiger partial charge < -0.3 is 15.5 Å². The second kappa shape index (κ2) is 9.59. The molecule has 0 aliphatic carbocycles. The zero-order valence-corrected chi connectivity index (χ0v) is 18.2. The molecule has 1 aromatic heterocycles. The standard InChI is InChI=1S/C22H32N6S/c1-18-6-9-26(10-7-18)17-20-5-3-2-4-19(20)16-25-21(23)27-11-13-28(14-12-27)22-24-8-15-29-22/h2-5,8,15,18H,6-7,9-14,16-17H2,1H3,(H2,23,25). The normalized spacial score (nSPS) is 19.7. The number of hydrogen-bond donors (Lipinski definition) is 1.